The molecule has 2 unspecified atom stereocenters. The highest BCUT2D eigenvalue weighted by Crippen LogP contribution is 2.51. The van der Waals surface area contributed by atoms with Crippen LogP contribution in [0.4, 0.5) is 26.3 Å². The first kappa shape index (κ1) is 27.7. The summed E-state index contributed by atoms with van der Waals surface area (Å²) in [5.41, 5.74) is -1.77. The van der Waals surface area contributed by atoms with Crippen molar-refractivity contribution < 1.29 is 31.4 Å². The lowest BCUT2D eigenvalue weighted by Crippen LogP contribution is -2.48. The molecule has 2 bridgehead atoms. The monoisotopic (exact) mass is 551 g/mol. The number of allylic oxidation sites excluding steroid dienone is 1. The number of hydrogen-bond donors (Lipinski definition) is 2. The van der Waals surface area contributed by atoms with E-state index >= 15 is 0 Å². The van der Waals surface area contributed by atoms with Crippen LogP contribution >= 0.6 is 0 Å². The van der Waals surface area contributed by atoms with Crippen LogP contribution in [0.15, 0.2) is 48.5 Å². The third-order valence-corrected chi connectivity index (χ3v) is 8.19. The van der Waals surface area contributed by atoms with Crippen LogP contribution in [0.5, 0.6) is 0 Å². The highest BCUT2D eigenvalue weighted by atomic mass is 19.4. The van der Waals surface area contributed by atoms with Gasteiger partial charge in [0.05, 0.1) is 22.2 Å². The van der Waals surface area contributed by atoms with Gasteiger partial charge in [0, 0.05) is 18.9 Å². The van der Waals surface area contributed by atoms with Gasteiger partial charge >= 0.3 is 12.4 Å². The quantitative estimate of drug-likeness (QED) is 0.294. The molecule has 0 radical (unpaired) electrons. The second-order valence-electron chi connectivity index (χ2n) is 10.9. The fourth-order valence-corrected chi connectivity index (χ4v) is 6.12. The number of aromatic amines is 1. The Morgan fingerprint density at radius 1 is 1.03 bits per heavy atom. The predicted octanol–water partition coefficient (Wildman–Crippen LogP) is 7.10. The van der Waals surface area contributed by atoms with Crippen molar-refractivity contribution in [3.05, 3.63) is 71.1 Å². The second-order valence-corrected chi connectivity index (χ2v) is 10.9. The molecule has 6 rings (SSSR count). The summed E-state index contributed by atoms with van der Waals surface area (Å²) in [5.74, 6) is 0.649. The molecule has 3 atom stereocenters. The summed E-state index contributed by atoms with van der Waals surface area (Å²) < 4.78 is 79.7. The van der Waals surface area contributed by atoms with Gasteiger partial charge in [-0.1, -0.05) is 36.4 Å². The van der Waals surface area contributed by atoms with E-state index in [1.165, 1.54) is 11.1 Å². The largest absolute Gasteiger partial charge is 0.418 e. The number of alkyl halides is 6. The first-order chi connectivity index (χ1) is 18.3. The van der Waals surface area contributed by atoms with Crippen molar-refractivity contribution in [1.82, 2.24) is 14.9 Å². The molecule has 1 fully saturated rings. The molecular formula is C29H31F6N3O. The molecule has 0 aliphatic heterocycles. The highest BCUT2D eigenvalue weighted by Gasteiger charge is 2.46. The fraction of sp³-hybridized carbons (Fsp3) is 0.483. The molecule has 0 spiro atoms. The SMILES string of the molecule is CN(CCCc1nc2c(C(F)(F)F)cc(C(F)(F)F)cc2[nH]1)CCC1(O)CC2CC[C@H]1C=C2c1ccccc1. The second kappa shape index (κ2) is 10.3. The number of H-pyrrole nitrogens is 1. The Balaban J connectivity index is 1.18. The molecule has 1 aromatic heterocycles. The molecule has 3 aromatic rings. The number of nitrogens with one attached hydrogen (secondary N) is 1. The average Bonchev–Trinajstić information content (AvgIpc) is 3.29. The number of aliphatic hydroxyl groups is 1. The Labute approximate surface area is 222 Å². The number of hydrogen-bond acceptors (Lipinski definition) is 3. The van der Waals surface area contributed by atoms with Gasteiger partial charge in [0.25, 0.3) is 0 Å². The molecule has 3 aliphatic carbocycles. The Kier molecular flexibility index (Phi) is 7.30. The molecular weight excluding hydrogens is 520 g/mol. The maximum Gasteiger partial charge on any atom is 0.418 e. The number of halogens is 6. The van der Waals surface area contributed by atoms with E-state index in [-0.39, 0.29) is 29.7 Å². The third kappa shape index (κ3) is 5.87. The third-order valence-electron chi connectivity index (χ3n) is 8.19. The average molecular weight is 552 g/mol. The zero-order valence-corrected chi connectivity index (χ0v) is 21.5. The first-order valence-electron chi connectivity index (χ1n) is 13.2. The zero-order chi connectivity index (χ0) is 28.0. The molecule has 2 aromatic carbocycles. The number of aromatic nitrogens is 2. The van der Waals surface area contributed by atoms with Crippen molar-refractivity contribution in [1.29, 1.82) is 0 Å². The molecule has 4 nitrogen and oxygen atoms in total. The first-order valence-corrected chi connectivity index (χ1v) is 13.2. The van der Waals surface area contributed by atoms with Crippen molar-refractivity contribution in [2.45, 2.75) is 56.5 Å². The van der Waals surface area contributed by atoms with Gasteiger partial charge in [-0.15, -0.1) is 0 Å². The van der Waals surface area contributed by atoms with Gasteiger partial charge < -0.3 is 15.0 Å². The van der Waals surface area contributed by atoms with E-state index in [9.17, 15) is 31.4 Å². The number of rotatable bonds is 8. The lowest BCUT2D eigenvalue weighted by molar-refractivity contribution is -0.142. The van der Waals surface area contributed by atoms with Gasteiger partial charge in [-0.05, 0) is 74.9 Å². The molecule has 3 aliphatic rings. The number of nitrogens with zero attached hydrogens (tertiary/aromatic N) is 2. The number of imidazole rings is 1. The summed E-state index contributed by atoms with van der Waals surface area (Å²) in [6, 6.07) is 11.1. The fourth-order valence-electron chi connectivity index (χ4n) is 6.12. The van der Waals surface area contributed by atoms with Crippen LogP contribution in [0.3, 0.4) is 0 Å². The van der Waals surface area contributed by atoms with Crippen molar-refractivity contribution in [3.63, 3.8) is 0 Å². The van der Waals surface area contributed by atoms with Gasteiger partial charge in [-0.2, -0.15) is 26.3 Å². The molecule has 2 N–H and O–H groups in total. The highest BCUT2D eigenvalue weighted by molar-refractivity contribution is 5.80. The van der Waals surface area contributed by atoms with E-state index in [1.807, 2.05) is 25.2 Å². The molecule has 210 valence electrons. The normalized spacial score (nSPS) is 23.6. The number of fused-ring (bicyclic) bond motifs is 3. The standard InChI is InChI=1S/C29H31F6N3O/c1-38(13-11-27(39)17-19-9-10-20(27)14-22(19)18-6-3-2-4-7-18)12-5-8-25-36-24-16-21(28(30,31)32)15-23(26(24)37-25)29(33,34)35/h2-4,6-7,14-16,19-20,39H,5,8-13,17H2,1H3,(H,36,37)/t19?,20-,27?/m0/s1. The Morgan fingerprint density at radius 2 is 1.77 bits per heavy atom. The Bertz CT molecular complexity index is 1350. The van der Waals surface area contributed by atoms with Gasteiger partial charge in [-0.3, -0.25) is 0 Å². The van der Waals surface area contributed by atoms with E-state index in [0.717, 1.165) is 19.3 Å². The smallest absolute Gasteiger partial charge is 0.389 e. The van der Waals surface area contributed by atoms with E-state index < -0.39 is 34.6 Å². The lowest BCUT2D eigenvalue weighted by atomic mass is 9.61. The van der Waals surface area contributed by atoms with Crippen molar-refractivity contribution >= 4 is 16.6 Å². The number of benzene rings is 2. The maximum atomic E-state index is 13.4. The minimum atomic E-state index is -4.96. The van der Waals surface area contributed by atoms with Crippen LogP contribution in [-0.4, -0.2) is 45.7 Å². The zero-order valence-electron chi connectivity index (χ0n) is 21.5. The van der Waals surface area contributed by atoms with E-state index in [0.29, 0.717) is 37.9 Å². The molecule has 0 saturated heterocycles. The van der Waals surface area contributed by atoms with Crippen LogP contribution < -0.4 is 0 Å². The van der Waals surface area contributed by atoms with Crippen LogP contribution in [-0.2, 0) is 18.8 Å². The van der Waals surface area contributed by atoms with Crippen LogP contribution in [0.25, 0.3) is 16.6 Å². The number of aryl methyl sites for hydroxylation is 1. The minimum Gasteiger partial charge on any atom is -0.389 e. The summed E-state index contributed by atoms with van der Waals surface area (Å²) in [6.45, 7) is 1.26. The molecule has 10 heteroatoms. The van der Waals surface area contributed by atoms with E-state index in [2.05, 4.69) is 33.1 Å². The molecule has 1 heterocycles. The summed E-state index contributed by atoms with van der Waals surface area (Å²) in [6.07, 6.45) is -3.40. The van der Waals surface area contributed by atoms with Gasteiger partial charge in [0.1, 0.15) is 11.3 Å². The Hall–Kier alpha value is -2.85. The van der Waals surface area contributed by atoms with Crippen LogP contribution in [0.2, 0.25) is 0 Å². The van der Waals surface area contributed by atoms with Gasteiger partial charge in [0.15, 0.2) is 0 Å². The van der Waals surface area contributed by atoms with E-state index in [4.69, 9.17) is 0 Å². The van der Waals surface area contributed by atoms with Gasteiger partial charge in [-0.25, -0.2) is 4.98 Å². The Morgan fingerprint density at radius 3 is 2.41 bits per heavy atom. The molecule has 0 amide bonds. The molecule has 39 heavy (non-hydrogen) atoms. The lowest BCUT2D eigenvalue weighted by Gasteiger charge is -2.48. The summed E-state index contributed by atoms with van der Waals surface area (Å²) in [7, 11) is 1.92. The summed E-state index contributed by atoms with van der Waals surface area (Å²) >= 11 is 0. The van der Waals surface area contributed by atoms with Gasteiger partial charge in [0.2, 0.25) is 0 Å². The van der Waals surface area contributed by atoms with Crippen molar-refractivity contribution in [2.24, 2.45) is 11.8 Å². The topological polar surface area (TPSA) is 52.2 Å². The summed E-state index contributed by atoms with van der Waals surface area (Å²) in [4.78, 5) is 8.69. The van der Waals surface area contributed by atoms with Crippen molar-refractivity contribution in [2.75, 3.05) is 20.1 Å². The predicted molar refractivity (Wildman–Crippen MR) is 137 cm³/mol. The minimum absolute atomic E-state index is 0.103. The van der Waals surface area contributed by atoms with Crippen LogP contribution in [0.1, 0.15) is 54.6 Å². The van der Waals surface area contributed by atoms with Crippen molar-refractivity contribution in [3.8, 4) is 0 Å². The molecule has 1 saturated carbocycles. The van der Waals surface area contributed by atoms with Crippen LogP contribution in [0, 0.1) is 11.8 Å². The van der Waals surface area contributed by atoms with E-state index in [1.54, 1.807) is 0 Å². The maximum absolute atomic E-state index is 13.4. The summed E-state index contributed by atoms with van der Waals surface area (Å²) in [5, 5.41) is 11.5.